The highest BCUT2D eigenvalue weighted by atomic mass is 16.5. The summed E-state index contributed by atoms with van der Waals surface area (Å²) in [5.41, 5.74) is 1.76. The van der Waals surface area contributed by atoms with Gasteiger partial charge in [0.1, 0.15) is 12.3 Å². The second-order valence-electron chi connectivity index (χ2n) is 4.02. The van der Waals surface area contributed by atoms with Gasteiger partial charge in [0.15, 0.2) is 5.82 Å². The Labute approximate surface area is 112 Å². The molecule has 1 heterocycles. The number of nitriles is 1. The van der Waals surface area contributed by atoms with E-state index in [1.54, 1.807) is 19.1 Å². The van der Waals surface area contributed by atoms with Gasteiger partial charge in [0, 0.05) is 12.6 Å². The lowest BCUT2D eigenvalue weighted by molar-refractivity contribution is 0.415. The van der Waals surface area contributed by atoms with Crippen LogP contribution in [-0.2, 0) is 0 Å². The predicted molar refractivity (Wildman–Crippen MR) is 72.9 cm³/mol. The van der Waals surface area contributed by atoms with Gasteiger partial charge in [-0.25, -0.2) is 0 Å². The van der Waals surface area contributed by atoms with Gasteiger partial charge < -0.3 is 9.64 Å². The molecule has 0 aliphatic carbocycles. The summed E-state index contributed by atoms with van der Waals surface area (Å²) in [6.07, 6.45) is 0. The van der Waals surface area contributed by atoms with Gasteiger partial charge in [0.25, 0.3) is 0 Å². The van der Waals surface area contributed by atoms with Crippen molar-refractivity contribution in [1.82, 2.24) is 10.2 Å². The molecule has 2 rings (SSSR count). The van der Waals surface area contributed by atoms with E-state index in [0.717, 1.165) is 17.0 Å². The van der Waals surface area contributed by atoms with Gasteiger partial charge in [-0.15, -0.1) is 10.2 Å². The topological polar surface area (TPSA) is 62.0 Å². The fourth-order valence-corrected chi connectivity index (χ4v) is 1.63. The maximum Gasteiger partial charge on any atom is 0.151 e. The zero-order chi connectivity index (χ0) is 13.7. The minimum atomic E-state index is 0.288. The third-order valence-electron chi connectivity index (χ3n) is 2.74. The van der Waals surface area contributed by atoms with Crippen molar-refractivity contribution in [1.29, 1.82) is 5.26 Å². The van der Waals surface area contributed by atoms with E-state index in [1.165, 1.54) is 0 Å². The van der Waals surface area contributed by atoms with E-state index in [2.05, 4.69) is 16.3 Å². The zero-order valence-corrected chi connectivity index (χ0v) is 10.9. The summed E-state index contributed by atoms with van der Waals surface area (Å²) in [4.78, 5) is 1.74. The van der Waals surface area contributed by atoms with Crippen molar-refractivity contribution in [2.75, 3.05) is 25.6 Å². The van der Waals surface area contributed by atoms with Crippen LogP contribution >= 0.6 is 0 Å². The number of anilines is 1. The molecular formula is C14H14N4O. The largest absolute Gasteiger partial charge is 0.497 e. The number of rotatable bonds is 4. The van der Waals surface area contributed by atoms with Crippen molar-refractivity contribution in [3.05, 3.63) is 36.4 Å². The van der Waals surface area contributed by atoms with Crippen molar-refractivity contribution >= 4 is 5.82 Å². The summed E-state index contributed by atoms with van der Waals surface area (Å²) >= 11 is 0. The Morgan fingerprint density at radius 1 is 1.16 bits per heavy atom. The fraction of sp³-hybridized carbons (Fsp3) is 0.214. The molecule has 0 aliphatic rings. The van der Waals surface area contributed by atoms with Crippen LogP contribution in [0.25, 0.3) is 11.3 Å². The van der Waals surface area contributed by atoms with E-state index in [-0.39, 0.29) is 6.54 Å². The van der Waals surface area contributed by atoms with Crippen LogP contribution in [0.3, 0.4) is 0 Å². The second-order valence-corrected chi connectivity index (χ2v) is 4.02. The van der Waals surface area contributed by atoms with Gasteiger partial charge in [-0.05, 0) is 36.4 Å². The molecule has 0 radical (unpaired) electrons. The van der Waals surface area contributed by atoms with Crippen LogP contribution in [0.15, 0.2) is 36.4 Å². The first-order chi connectivity index (χ1) is 9.24. The van der Waals surface area contributed by atoms with Gasteiger partial charge in [-0.1, -0.05) is 0 Å². The maximum atomic E-state index is 8.63. The Bertz CT molecular complexity index is 572. The van der Waals surface area contributed by atoms with Crippen molar-refractivity contribution in [2.24, 2.45) is 0 Å². The van der Waals surface area contributed by atoms with Gasteiger partial charge in [0.2, 0.25) is 0 Å². The molecule has 2 aromatic rings. The SMILES string of the molecule is COc1ccc(-c2ccc(N(C)CC#N)nn2)cc1. The molecule has 0 unspecified atom stereocenters. The Kier molecular flexibility index (Phi) is 3.94. The van der Waals surface area contributed by atoms with Crippen molar-refractivity contribution in [3.8, 4) is 23.1 Å². The summed E-state index contributed by atoms with van der Waals surface area (Å²) < 4.78 is 5.11. The van der Waals surface area contributed by atoms with Crippen LogP contribution in [0.1, 0.15) is 0 Å². The lowest BCUT2D eigenvalue weighted by atomic mass is 10.1. The van der Waals surface area contributed by atoms with Crippen LogP contribution in [0, 0.1) is 11.3 Å². The van der Waals surface area contributed by atoms with E-state index in [4.69, 9.17) is 10.00 Å². The third kappa shape index (κ3) is 2.99. The second kappa shape index (κ2) is 5.83. The van der Waals surface area contributed by atoms with Crippen molar-refractivity contribution < 1.29 is 4.74 Å². The Balaban J connectivity index is 2.20. The van der Waals surface area contributed by atoms with Crippen LogP contribution in [0.4, 0.5) is 5.82 Å². The van der Waals surface area contributed by atoms with E-state index in [0.29, 0.717) is 5.82 Å². The quantitative estimate of drug-likeness (QED) is 0.782. The zero-order valence-electron chi connectivity index (χ0n) is 10.9. The molecule has 1 aromatic carbocycles. The first-order valence-corrected chi connectivity index (χ1v) is 5.81. The molecule has 0 spiro atoms. The molecule has 0 saturated heterocycles. The van der Waals surface area contributed by atoms with E-state index >= 15 is 0 Å². The van der Waals surface area contributed by atoms with Crippen molar-refractivity contribution in [2.45, 2.75) is 0 Å². The van der Waals surface area contributed by atoms with E-state index in [9.17, 15) is 0 Å². The summed E-state index contributed by atoms with van der Waals surface area (Å²) in [5, 5.41) is 16.9. The first kappa shape index (κ1) is 12.8. The normalized spacial score (nSPS) is 9.74. The molecule has 5 nitrogen and oxygen atoms in total. The third-order valence-corrected chi connectivity index (χ3v) is 2.74. The summed E-state index contributed by atoms with van der Waals surface area (Å²) in [7, 11) is 3.44. The molecule has 1 aromatic heterocycles. The highest BCUT2D eigenvalue weighted by molar-refractivity contribution is 5.60. The minimum Gasteiger partial charge on any atom is -0.497 e. The number of ether oxygens (including phenoxy) is 1. The number of hydrogen-bond acceptors (Lipinski definition) is 5. The van der Waals surface area contributed by atoms with Crippen molar-refractivity contribution in [3.63, 3.8) is 0 Å². The van der Waals surface area contributed by atoms with Gasteiger partial charge >= 0.3 is 0 Å². The number of nitrogens with zero attached hydrogens (tertiary/aromatic N) is 4. The van der Waals surface area contributed by atoms with Gasteiger partial charge in [-0.2, -0.15) is 5.26 Å². The Morgan fingerprint density at radius 3 is 2.42 bits per heavy atom. The van der Waals surface area contributed by atoms with Crippen LogP contribution in [-0.4, -0.2) is 30.9 Å². The van der Waals surface area contributed by atoms with Gasteiger partial charge in [-0.3, -0.25) is 0 Å². The van der Waals surface area contributed by atoms with Crippen LogP contribution in [0.2, 0.25) is 0 Å². The molecule has 0 aliphatic heterocycles. The molecule has 0 N–H and O–H groups in total. The highest BCUT2D eigenvalue weighted by Gasteiger charge is 2.04. The molecule has 0 bridgehead atoms. The molecule has 5 heteroatoms. The molecular weight excluding hydrogens is 240 g/mol. The standard InChI is InChI=1S/C14H14N4O/c1-18(10-9-15)14-8-7-13(16-17-14)11-3-5-12(19-2)6-4-11/h3-8H,10H2,1-2H3. The number of aromatic nitrogens is 2. The molecule has 19 heavy (non-hydrogen) atoms. The molecule has 0 fully saturated rings. The van der Waals surface area contributed by atoms with Crippen LogP contribution < -0.4 is 9.64 Å². The predicted octanol–water partition coefficient (Wildman–Crippen LogP) is 2.11. The molecule has 0 amide bonds. The minimum absolute atomic E-state index is 0.288. The molecule has 0 atom stereocenters. The summed E-state index contributed by atoms with van der Waals surface area (Å²) in [6, 6.07) is 13.4. The van der Waals surface area contributed by atoms with Gasteiger partial charge in [0.05, 0.1) is 18.9 Å². The summed E-state index contributed by atoms with van der Waals surface area (Å²) in [5.74, 6) is 1.49. The number of hydrogen-bond donors (Lipinski definition) is 0. The molecule has 96 valence electrons. The average Bonchev–Trinajstić information content (AvgIpc) is 2.48. The average molecular weight is 254 g/mol. The summed E-state index contributed by atoms with van der Waals surface area (Å²) in [6.45, 7) is 0.288. The van der Waals surface area contributed by atoms with E-state index < -0.39 is 0 Å². The monoisotopic (exact) mass is 254 g/mol. The fourth-order valence-electron chi connectivity index (χ4n) is 1.63. The lowest BCUT2D eigenvalue weighted by Crippen LogP contribution is -2.18. The maximum absolute atomic E-state index is 8.63. The number of methoxy groups -OCH3 is 1. The Morgan fingerprint density at radius 2 is 1.89 bits per heavy atom. The first-order valence-electron chi connectivity index (χ1n) is 5.81. The van der Waals surface area contributed by atoms with Crippen LogP contribution in [0.5, 0.6) is 5.75 Å². The molecule has 0 saturated carbocycles. The Hall–Kier alpha value is -2.61. The van der Waals surface area contributed by atoms with E-state index in [1.807, 2.05) is 36.4 Å². The smallest absolute Gasteiger partial charge is 0.151 e. The highest BCUT2D eigenvalue weighted by Crippen LogP contribution is 2.21. The number of benzene rings is 1. The lowest BCUT2D eigenvalue weighted by Gasteiger charge is -2.13.